The number of ether oxygens (including phenoxy) is 2. The molecule has 4 nitrogen and oxygen atoms in total. The van der Waals surface area contributed by atoms with Crippen LogP contribution >= 0.6 is 0 Å². The Morgan fingerprint density at radius 2 is 1.65 bits per heavy atom. The normalized spacial score (nSPS) is 25.2. The van der Waals surface area contributed by atoms with E-state index in [1.165, 1.54) is 12.8 Å². The number of amides is 1. The molecule has 1 saturated heterocycles. The van der Waals surface area contributed by atoms with Crippen molar-refractivity contribution in [2.45, 2.75) is 44.3 Å². The second kappa shape index (κ2) is 5.36. The molecule has 1 saturated carbocycles. The summed E-state index contributed by atoms with van der Waals surface area (Å²) in [4.78, 5) is 14.2. The zero-order chi connectivity index (χ0) is 12.3. The van der Waals surface area contributed by atoms with Crippen molar-refractivity contribution in [2.24, 2.45) is 5.92 Å². The molecule has 0 aromatic heterocycles. The largest absolute Gasteiger partial charge is 0.353 e. The second-order valence-electron chi connectivity index (χ2n) is 5.13. The third-order valence-corrected chi connectivity index (χ3v) is 4.29. The summed E-state index contributed by atoms with van der Waals surface area (Å²) in [5.74, 6) is 0.169. The van der Waals surface area contributed by atoms with Gasteiger partial charge in [-0.15, -0.1) is 0 Å². The molecule has 0 bridgehead atoms. The zero-order valence-corrected chi connectivity index (χ0v) is 10.9. The second-order valence-corrected chi connectivity index (χ2v) is 5.13. The summed E-state index contributed by atoms with van der Waals surface area (Å²) in [6.07, 6.45) is 6.13. The number of carbonyl (C=O) groups excluding carboxylic acids is 1. The van der Waals surface area contributed by atoms with Gasteiger partial charge in [0.1, 0.15) is 0 Å². The molecular formula is C13H23NO3. The summed E-state index contributed by atoms with van der Waals surface area (Å²) in [5.41, 5.74) is 0. The molecule has 0 unspecified atom stereocenters. The van der Waals surface area contributed by atoms with Gasteiger partial charge in [-0.3, -0.25) is 4.79 Å². The number of methoxy groups -OCH3 is 2. The smallest absolute Gasteiger partial charge is 0.225 e. The number of nitrogens with zero attached hydrogens (tertiary/aromatic N) is 1. The van der Waals surface area contributed by atoms with Gasteiger partial charge >= 0.3 is 0 Å². The van der Waals surface area contributed by atoms with Crippen LogP contribution in [0.25, 0.3) is 0 Å². The predicted molar refractivity (Wildman–Crippen MR) is 64.5 cm³/mol. The number of hydrogen-bond donors (Lipinski definition) is 0. The van der Waals surface area contributed by atoms with E-state index in [0.717, 1.165) is 38.8 Å². The molecule has 0 N–H and O–H groups in total. The van der Waals surface area contributed by atoms with Crippen molar-refractivity contribution in [3.05, 3.63) is 0 Å². The van der Waals surface area contributed by atoms with E-state index in [4.69, 9.17) is 9.47 Å². The van der Waals surface area contributed by atoms with Gasteiger partial charge in [0.15, 0.2) is 5.79 Å². The van der Waals surface area contributed by atoms with Gasteiger partial charge in [-0.05, 0) is 12.8 Å². The highest BCUT2D eigenvalue weighted by molar-refractivity contribution is 5.79. The minimum atomic E-state index is -0.466. The Balaban J connectivity index is 1.87. The first-order valence-corrected chi connectivity index (χ1v) is 6.60. The van der Waals surface area contributed by atoms with E-state index in [1.54, 1.807) is 14.2 Å². The minimum absolute atomic E-state index is 0.285. The highest BCUT2D eigenvalue weighted by atomic mass is 16.7. The van der Waals surface area contributed by atoms with Crippen LogP contribution in [0.15, 0.2) is 0 Å². The van der Waals surface area contributed by atoms with Gasteiger partial charge in [-0.1, -0.05) is 12.8 Å². The SMILES string of the molecule is COC1(OC)CCN(C(=O)C2CCCC2)CC1. The summed E-state index contributed by atoms with van der Waals surface area (Å²) in [6.45, 7) is 1.52. The molecular weight excluding hydrogens is 218 g/mol. The van der Waals surface area contributed by atoms with Crippen molar-refractivity contribution in [3.63, 3.8) is 0 Å². The van der Waals surface area contributed by atoms with E-state index in [1.807, 2.05) is 4.90 Å². The Kier molecular flexibility index (Phi) is 4.05. The molecule has 0 aromatic rings. The lowest BCUT2D eigenvalue weighted by Crippen LogP contribution is -2.49. The van der Waals surface area contributed by atoms with Crippen LogP contribution in [0, 0.1) is 5.92 Å². The standard InChI is InChI=1S/C13H23NO3/c1-16-13(17-2)7-9-14(10-8-13)12(15)11-5-3-4-6-11/h11H,3-10H2,1-2H3. The van der Waals surface area contributed by atoms with E-state index in [0.29, 0.717) is 5.91 Å². The van der Waals surface area contributed by atoms with Crippen LogP contribution in [0.5, 0.6) is 0 Å². The molecule has 98 valence electrons. The maximum atomic E-state index is 12.2. The average Bonchev–Trinajstić information content (AvgIpc) is 2.92. The number of rotatable bonds is 3. The van der Waals surface area contributed by atoms with Crippen LogP contribution in [0.3, 0.4) is 0 Å². The molecule has 1 heterocycles. The Hall–Kier alpha value is -0.610. The maximum Gasteiger partial charge on any atom is 0.225 e. The van der Waals surface area contributed by atoms with Crippen molar-refractivity contribution < 1.29 is 14.3 Å². The summed E-state index contributed by atoms with van der Waals surface area (Å²) in [5, 5.41) is 0. The average molecular weight is 241 g/mol. The molecule has 2 aliphatic rings. The van der Waals surface area contributed by atoms with E-state index in [-0.39, 0.29) is 5.92 Å². The van der Waals surface area contributed by atoms with E-state index in [2.05, 4.69) is 0 Å². The lowest BCUT2D eigenvalue weighted by Gasteiger charge is -2.40. The van der Waals surface area contributed by atoms with Gasteiger partial charge in [0, 0.05) is 46.1 Å². The van der Waals surface area contributed by atoms with Crippen molar-refractivity contribution in [1.29, 1.82) is 0 Å². The topological polar surface area (TPSA) is 38.8 Å². The van der Waals surface area contributed by atoms with Crippen molar-refractivity contribution in [1.82, 2.24) is 4.90 Å². The quantitative estimate of drug-likeness (QED) is 0.707. The van der Waals surface area contributed by atoms with Crippen molar-refractivity contribution >= 4 is 5.91 Å². The Morgan fingerprint density at radius 1 is 1.12 bits per heavy atom. The Labute approximate surface area is 103 Å². The van der Waals surface area contributed by atoms with Gasteiger partial charge in [0.2, 0.25) is 5.91 Å². The van der Waals surface area contributed by atoms with Gasteiger partial charge in [0.05, 0.1) is 0 Å². The molecule has 17 heavy (non-hydrogen) atoms. The number of carbonyl (C=O) groups is 1. The minimum Gasteiger partial charge on any atom is -0.353 e. The monoisotopic (exact) mass is 241 g/mol. The lowest BCUT2D eigenvalue weighted by atomic mass is 10.00. The van der Waals surface area contributed by atoms with Gasteiger partial charge in [-0.2, -0.15) is 0 Å². The van der Waals surface area contributed by atoms with Crippen LogP contribution in [0.4, 0.5) is 0 Å². The van der Waals surface area contributed by atoms with Gasteiger partial charge in [0.25, 0.3) is 0 Å². The van der Waals surface area contributed by atoms with Gasteiger partial charge in [-0.25, -0.2) is 0 Å². The molecule has 0 radical (unpaired) electrons. The van der Waals surface area contributed by atoms with Crippen LogP contribution in [0.1, 0.15) is 38.5 Å². The summed E-state index contributed by atoms with van der Waals surface area (Å²) >= 11 is 0. The molecule has 1 aliphatic heterocycles. The van der Waals surface area contributed by atoms with Crippen LogP contribution in [-0.2, 0) is 14.3 Å². The summed E-state index contributed by atoms with van der Waals surface area (Å²) in [6, 6.07) is 0. The Morgan fingerprint density at radius 3 is 2.12 bits per heavy atom. The number of likely N-dealkylation sites (tertiary alicyclic amines) is 1. The fourth-order valence-electron chi connectivity index (χ4n) is 2.99. The first-order valence-electron chi connectivity index (χ1n) is 6.60. The van der Waals surface area contributed by atoms with E-state index in [9.17, 15) is 4.79 Å². The fraction of sp³-hybridized carbons (Fsp3) is 0.923. The number of hydrogen-bond acceptors (Lipinski definition) is 3. The third kappa shape index (κ3) is 2.63. The van der Waals surface area contributed by atoms with Crippen LogP contribution in [0.2, 0.25) is 0 Å². The first kappa shape index (κ1) is 12.8. The molecule has 1 amide bonds. The zero-order valence-electron chi connectivity index (χ0n) is 10.9. The molecule has 0 aromatic carbocycles. The molecule has 1 aliphatic carbocycles. The highest BCUT2D eigenvalue weighted by Gasteiger charge is 2.37. The molecule has 2 fully saturated rings. The first-order chi connectivity index (χ1) is 8.21. The van der Waals surface area contributed by atoms with Crippen molar-refractivity contribution in [3.8, 4) is 0 Å². The van der Waals surface area contributed by atoms with E-state index >= 15 is 0 Å². The van der Waals surface area contributed by atoms with E-state index < -0.39 is 5.79 Å². The highest BCUT2D eigenvalue weighted by Crippen LogP contribution is 2.31. The summed E-state index contributed by atoms with van der Waals surface area (Å²) < 4.78 is 10.8. The molecule has 2 rings (SSSR count). The number of piperidine rings is 1. The molecule has 4 heteroatoms. The van der Waals surface area contributed by atoms with Crippen LogP contribution < -0.4 is 0 Å². The Bertz CT molecular complexity index is 260. The third-order valence-electron chi connectivity index (χ3n) is 4.29. The van der Waals surface area contributed by atoms with Crippen molar-refractivity contribution in [2.75, 3.05) is 27.3 Å². The van der Waals surface area contributed by atoms with Crippen LogP contribution in [-0.4, -0.2) is 43.9 Å². The maximum absolute atomic E-state index is 12.2. The molecule has 0 spiro atoms. The summed E-state index contributed by atoms with van der Waals surface area (Å²) in [7, 11) is 3.36. The molecule has 0 atom stereocenters. The fourth-order valence-corrected chi connectivity index (χ4v) is 2.99. The predicted octanol–water partition coefficient (Wildman–Crippen LogP) is 1.79. The van der Waals surface area contributed by atoms with Gasteiger partial charge < -0.3 is 14.4 Å². The lowest BCUT2D eigenvalue weighted by molar-refractivity contribution is -0.229.